The van der Waals surface area contributed by atoms with Crippen LogP contribution in [0, 0.1) is 13.8 Å². The lowest BCUT2D eigenvalue weighted by atomic mass is 10.1. The lowest BCUT2D eigenvalue weighted by Gasteiger charge is -2.17. The molecule has 0 saturated carbocycles. The molecule has 2 rings (SSSR count). The molecule has 0 aromatic carbocycles. The fourth-order valence-corrected chi connectivity index (χ4v) is 2.60. The van der Waals surface area contributed by atoms with Crippen LogP contribution >= 0.6 is 0 Å². The Labute approximate surface area is 113 Å². The number of carbonyl (C=O) groups is 1. The van der Waals surface area contributed by atoms with E-state index >= 15 is 0 Å². The van der Waals surface area contributed by atoms with Crippen molar-refractivity contribution in [2.75, 3.05) is 26.2 Å². The minimum atomic E-state index is -0.641. The first-order valence-electron chi connectivity index (χ1n) is 6.86. The van der Waals surface area contributed by atoms with Crippen molar-refractivity contribution in [2.45, 2.75) is 32.7 Å². The number of nitrogens with one attached hydrogen (secondary N) is 2. The number of amides is 1. The standard InChI is InChI=1S/C13H23N5O/c1-9-11(10(2)17-16-9)12(14)13(19)15-5-8-18-6-3-4-7-18/h12H,3-8,14H2,1-2H3,(H,15,19)(H,16,17)/t12-/m0/s1. The fourth-order valence-electron chi connectivity index (χ4n) is 2.60. The van der Waals surface area contributed by atoms with Crippen LogP contribution in [-0.4, -0.2) is 47.2 Å². The van der Waals surface area contributed by atoms with Crippen LogP contribution in [0.3, 0.4) is 0 Å². The number of rotatable bonds is 5. The number of hydrogen-bond donors (Lipinski definition) is 3. The molecule has 0 spiro atoms. The molecule has 1 atom stereocenters. The highest BCUT2D eigenvalue weighted by atomic mass is 16.2. The monoisotopic (exact) mass is 265 g/mol. The second-order valence-electron chi connectivity index (χ2n) is 5.17. The highest BCUT2D eigenvalue weighted by Crippen LogP contribution is 2.17. The Morgan fingerprint density at radius 1 is 1.47 bits per heavy atom. The van der Waals surface area contributed by atoms with Gasteiger partial charge in [0.15, 0.2) is 0 Å². The molecule has 1 aromatic rings. The smallest absolute Gasteiger partial charge is 0.241 e. The molecule has 4 N–H and O–H groups in total. The molecule has 0 radical (unpaired) electrons. The Morgan fingerprint density at radius 2 is 2.16 bits per heavy atom. The third-order valence-corrected chi connectivity index (χ3v) is 3.70. The van der Waals surface area contributed by atoms with E-state index < -0.39 is 6.04 Å². The number of nitrogens with zero attached hydrogens (tertiary/aromatic N) is 2. The molecule has 1 aliphatic rings. The van der Waals surface area contributed by atoms with Gasteiger partial charge in [0.05, 0.1) is 5.69 Å². The molecule has 1 saturated heterocycles. The molecule has 1 fully saturated rings. The summed E-state index contributed by atoms with van der Waals surface area (Å²) < 4.78 is 0. The van der Waals surface area contributed by atoms with Crippen LogP contribution < -0.4 is 11.1 Å². The normalized spacial score (nSPS) is 17.6. The quantitative estimate of drug-likeness (QED) is 0.711. The lowest BCUT2D eigenvalue weighted by molar-refractivity contribution is -0.122. The third-order valence-electron chi connectivity index (χ3n) is 3.70. The van der Waals surface area contributed by atoms with Crippen LogP contribution in [-0.2, 0) is 4.79 Å². The van der Waals surface area contributed by atoms with Gasteiger partial charge in [0.1, 0.15) is 6.04 Å². The van der Waals surface area contributed by atoms with E-state index in [9.17, 15) is 4.79 Å². The molecule has 0 unspecified atom stereocenters. The van der Waals surface area contributed by atoms with E-state index in [2.05, 4.69) is 20.4 Å². The Bertz CT molecular complexity index is 417. The SMILES string of the molecule is Cc1n[nH]c(C)c1[C@H](N)C(=O)NCCN1CCCC1. The zero-order valence-corrected chi connectivity index (χ0v) is 11.7. The second-order valence-corrected chi connectivity index (χ2v) is 5.17. The first-order valence-corrected chi connectivity index (χ1v) is 6.86. The van der Waals surface area contributed by atoms with Crippen molar-refractivity contribution in [3.8, 4) is 0 Å². The lowest BCUT2D eigenvalue weighted by Crippen LogP contribution is -2.39. The van der Waals surface area contributed by atoms with Gasteiger partial charge in [-0.05, 0) is 39.8 Å². The first-order chi connectivity index (χ1) is 9.09. The van der Waals surface area contributed by atoms with E-state index in [0.29, 0.717) is 6.54 Å². The van der Waals surface area contributed by atoms with Crippen LogP contribution in [0.5, 0.6) is 0 Å². The fraction of sp³-hybridized carbons (Fsp3) is 0.692. The number of aromatic nitrogens is 2. The molecular formula is C13H23N5O. The van der Waals surface area contributed by atoms with Crippen LogP contribution in [0.4, 0.5) is 0 Å². The molecule has 6 heteroatoms. The Morgan fingerprint density at radius 3 is 2.74 bits per heavy atom. The van der Waals surface area contributed by atoms with Gasteiger partial charge in [-0.25, -0.2) is 0 Å². The predicted molar refractivity (Wildman–Crippen MR) is 73.7 cm³/mol. The summed E-state index contributed by atoms with van der Waals surface area (Å²) in [5.74, 6) is -0.133. The van der Waals surface area contributed by atoms with Crippen LogP contribution in [0.2, 0.25) is 0 Å². The number of aryl methyl sites for hydroxylation is 2. The van der Waals surface area contributed by atoms with Gasteiger partial charge in [-0.1, -0.05) is 0 Å². The maximum Gasteiger partial charge on any atom is 0.241 e. The van der Waals surface area contributed by atoms with E-state index in [0.717, 1.165) is 36.6 Å². The Kier molecular flexibility index (Phi) is 4.55. The molecular weight excluding hydrogens is 242 g/mol. The van der Waals surface area contributed by atoms with Crippen molar-refractivity contribution >= 4 is 5.91 Å². The van der Waals surface area contributed by atoms with Gasteiger partial charge < -0.3 is 16.0 Å². The molecule has 2 heterocycles. The van der Waals surface area contributed by atoms with Gasteiger partial charge in [-0.3, -0.25) is 9.89 Å². The summed E-state index contributed by atoms with van der Waals surface area (Å²) in [6.45, 7) is 7.58. The number of hydrogen-bond acceptors (Lipinski definition) is 4. The van der Waals surface area contributed by atoms with Crippen molar-refractivity contribution in [1.29, 1.82) is 0 Å². The largest absolute Gasteiger partial charge is 0.353 e. The zero-order valence-electron chi connectivity index (χ0n) is 11.7. The summed E-state index contributed by atoms with van der Waals surface area (Å²) in [4.78, 5) is 14.4. The topological polar surface area (TPSA) is 87.0 Å². The summed E-state index contributed by atoms with van der Waals surface area (Å²) in [5, 5.41) is 9.83. The second kappa shape index (κ2) is 6.16. The van der Waals surface area contributed by atoms with Crippen molar-refractivity contribution in [3.05, 3.63) is 17.0 Å². The van der Waals surface area contributed by atoms with Crippen molar-refractivity contribution in [3.63, 3.8) is 0 Å². The first kappa shape index (κ1) is 14.0. The minimum absolute atomic E-state index is 0.133. The number of H-pyrrole nitrogens is 1. The summed E-state index contributed by atoms with van der Waals surface area (Å²) in [5.41, 5.74) is 8.45. The van der Waals surface area contributed by atoms with Crippen LogP contribution in [0.25, 0.3) is 0 Å². The summed E-state index contributed by atoms with van der Waals surface area (Å²) in [6.07, 6.45) is 2.53. The highest BCUT2D eigenvalue weighted by Gasteiger charge is 2.21. The Balaban J connectivity index is 1.82. The maximum absolute atomic E-state index is 12.0. The molecule has 106 valence electrons. The summed E-state index contributed by atoms with van der Waals surface area (Å²) in [7, 11) is 0. The minimum Gasteiger partial charge on any atom is -0.353 e. The van der Waals surface area contributed by atoms with Gasteiger partial charge in [0, 0.05) is 24.3 Å². The average molecular weight is 265 g/mol. The maximum atomic E-state index is 12.0. The molecule has 0 bridgehead atoms. The molecule has 0 aliphatic carbocycles. The van der Waals surface area contributed by atoms with E-state index in [1.54, 1.807) is 0 Å². The van der Waals surface area contributed by atoms with Gasteiger partial charge in [-0.2, -0.15) is 5.10 Å². The molecule has 1 aromatic heterocycles. The molecule has 1 aliphatic heterocycles. The van der Waals surface area contributed by atoms with Gasteiger partial charge in [0.2, 0.25) is 5.91 Å². The van der Waals surface area contributed by atoms with Crippen molar-refractivity contribution in [1.82, 2.24) is 20.4 Å². The van der Waals surface area contributed by atoms with Crippen molar-refractivity contribution < 1.29 is 4.79 Å². The molecule has 19 heavy (non-hydrogen) atoms. The van der Waals surface area contributed by atoms with Gasteiger partial charge in [0.25, 0.3) is 0 Å². The van der Waals surface area contributed by atoms with Crippen LogP contribution in [0.1, 0.15) is 35.8 Å². The summed E-state index contributed by atoms with van der Waals surface area (Å²) >= 11 is 0. The van der Waals surface area contributed by atoms with E-state index in [1.807, 2.05) is 13.8 Å². The van der Waals surface area contributed by atoms with E-state index in [-0.39, 0.29) is 5.91 Å². The van der Waals surface area contributed by atoms with Crippen LogP contribution in [0.15, 0.2) is 0 Å². The van der Waals surface area contributed by atoms with Gasteiger partial charge in [-0.15, -0.1) is 0 Å². The number of likely N-dealkylation sites (tertiary alicyclic amines) is 1. The third kappa shape index (κ3) is 3.33. The highest BCUT2D eigenvalue weighted by molar-refractivity contribution is 5.83. The van der Waals surface area contributed by atoms with Gasteiger partial charge >= 0.3 is 0 Å². The van der Waals surface area contributed by atoms with Crippen molar-refractivity contribution in [2.24, 2.45) is 5.73 Å². The van der Waals surface area contributed by atoms with E-state index in [1.165, 1.54) is 12.8 Å². The molecule has 1 amide bonds. The molecule has 6 nitrogen and oxygen atoms in total. The van der Waals surface area contributed by atoms with E-state index in [4.69, 9.17) is 5.73 Å². The predicted octanol–water partition coefficient (Wildman–Crippen LogP) is 0.238. The Hall–Kier alpha value is -1.40. The number of carbonyl (C=O) groups excluding carboxylic acids is 1. The average Bonchev–Trinajstić information content (AvgIpc) is 2.99. The number of aromatic amines is 1. The zero-order chi connectivity index (χ0) is 13.8. The summed E-state index contributed by atoms with van der Waals surface area (Å²) in [6, 6.07) is -0.641. The number of nitrogens with two attached hydrogens (primary N) is 1.